The molecule has 2 amide bonds. The van der Waals surface area contributed by atoms with E-state index < -0.39 is 29.9 Å². The molecule has 0 aromatic heterocycles. The Morgan fingerprint density at radius 3 is 1.81 bits per heavy atom. The Bertz CT molecular complexity index is 369. The van der Waals surface area contributed by atoms with Crippen LogP contribution in [0.15, 0.2) is 0 Å². The van der Waals surface area contributed by atoms with Crippen LogP contribution in [0.1, 0.15) is 40.5 Å². The first kappa shape index (κ1) is 19.4. The number of aliphatic carboxylic acids is 1. The number of nitrogens with two attached hydrogens (primary N) is 1. The van der Waals surface area contributed by atoms with Crippen molar-refractivity contribution in [3.05, 3.63) is 0 Å². The summed E-state index contributed by atoms with van der Waals surface area (Å²) in [5, 5.41) is 14.2. The summed E-state index contributed by atoms with van der Waals surface area (Å²) in [5.41, 5.74) is 5.23. The largest absolute Gasteiger partial charge is 0.480 e. The van der Waals surface area contributed by atoms with Crippen LogP contribution in [-0.2, 0) is 14.4 Å². The van der Waals surface area contributed by atoms with Gasteiger partial charge in [-0.25, -0.2) is 4.79 Å². The van der Waals surface area contributed by atoms with Crippen molar-refractivity contribution in [2.45, 2.75) is 52.6 Å². The minimum atomic E-state index is -1.08. The van der Waals surface area contributed by atoms with Gasteiger partial charge in [0.05, 0.1) is 6.54 Å². The van der Waals surface area contributed by atoms with Crippen LogP contribution >= 0.6 is 0 Å². The lowest BCUT2D eigenvalue weighted by Gasteiger charge is -2.23. The molecule has 7 nitrogen and oxygen atoms in total. The normalized spacial score (nSPS) is 13.9. The molecule has 122 valence electrons. The van der Waals surface area contributed by atoms with Gasteiger partial charge in [-0.15, -0.1) is 0 Å². The van der Waals surface area contributed by atoms with Gasteiger partial charge in [0.25, 0.3) is 0 Å². The lowest BCUT2D eigenvalue weighted by atomic mass is 10.0. The molecule has 0 aliphatic rings. The first-order valence-corrected chi connectivity index (χ1v) is 7.19. The van der Waals surface area contributed by atoms with E-state index in [1.165, 1.54) is 0 Å². The minimum Gasteiger partial charge on any atom is -0.480 e. The van der Waals surface area contributed by atoms with Crippen LogP contribution in [0.5, 0.6) is 0 Å². The Morgan fingerprint density at radius 2 is 1.43 bits per heavy atom. The smallest absolute Gasteiger partial charge is 0.326 e. The van der Waals surface area contributed by atoms with E-state index in [1.54, 1.807) is 0 Å². The van der Waals surface area contributed by atoms with Gasteiger partial charge in [0, 0.05) is 0 Å². The average Bonchev–Trinajstić information content (AvgIpc) is 2.35. The molecule has 0 spiro atoms. The van der Waals surface area contributed by atoms with E-state index in [0.29, 0.717) is 12.8 Å². The van der Waals surface area contributed by atoms with E-state index >= 15 is 0 Å². The van der Waals surface area contributed by atoms with Gasteiger partial charge in [-0.2, -0.15) is 0 Å². The Balaban J connectivity index is 4.83. The molecule has 0 unspecified atom stereocenters. The fourth-order valence-electron chi connectivity index (χ4n) is 1.92. The highest BCUT2D eigenvalue weighted by Crippen LogP contribution is 2.08. The van der Waals surface area contributed by atoms with Gasteiger partial charge in [-0.05, 0) is 24.7 Å². The number of carboxylic acid groups (broad SMARTS) is 1. The lowest BCUT2D eigenvalue weighted by molar-refractivity contribution is -0.142. The van der Waals surface area contributed by atoms with Crippen LogP contribution in [-0.4, -0.2) is 41.5 Å². The van der Waals surface area contributed by atoms with Gasteiger partial charge in [0.15, 0.2) is 0 Å². The molecule has 0 aromatic rings. The third-order valence-electron chi connectivity index (χ3n) is 2.87. The second-order valence-corrected chi connectivity index (χ2v) is 5.98. The highest BCUT2D eigenvalue weighted by Gasteiger charge is 2.27. The lowest BCUT2D eigenvalue weighted by Crippen LogP contribution is -2.53. The summed E-state index contributed by atoms with van der Waals surface area (Å²) in [6.07, 6.45) is 0.756. The van der Waals surface area contributed by atoms with Crippen molar-refractivity contribution < 1.29 is 19.5 Å². The molecule has 0 rings (SSSR count). The monoisotopic (exact) mass is 301 g/mol. The van der Waals surface area contributed by atoms with E-state index in [9.17, 15) is 14.4 Å². The SMILES string of the molecule is CC(C)C[C@H](NC(=O)[C@H](CC(C)C)NC(=O)CN)C(=O)O. The third-order valence-corrected chi connectivity index (χ3v) is 2.87. The zero-order chi connectivity index (χ0) is 16.6. The van der Waals surface area contributed by atoms with Crippen LogP contribution in [0.3, 0.4) is 0 Å². The number of carboxylic acids is 1. The van der Waals surface area contributed by atoms with Crippen LogP contribution in [0.25, 0.3) is 0 Å². The van der Waals surface area contributed by atoms with Crippen molar-refractivity contribution in [3.63, 3.8) is 0 Å². The quantitative estimate of drug-likeness (QED) is 0.481. The van der Waals surface area contributed by atoms with Crippen molar-refractivity contribution >= 4 is 17.8 Å². The molecule has 5 N–H and O–H groups in total. The fraction of sp³-hybridized carbons (Fsp3) is 0.786. The Morgan fingerprint density at radius 1 is 0.952 bits per heavy atom. The molecule has 0 fully saturated rings. The second kappa shape index (κ2) is 9.33. The molecule has 2 atom stereocenters. The van der Waals surface area contributed by atoms with Crippen molar-refractivity contribution in [1.29, 1.82) is 0 Å². The summed E-state index contributed by atoms with van der Waals surface area (Å²) in [7, 11) is 0. The van der Waals surface area contributed by atoms with Crippen LogP contribution in [0.4, 0.5) is 0 Å². The summed E-state index contributed by atoms with van der Waals surface area (Å²) in [6.45, 7) is 7.37. The van der Waals surface area contributed by atoms with Gasteiger partial charge >= 0.3 is 5.97 Å². The second-order valence-electron chi connectivity index (χ2n) is 5.98. The molecule has 7 heteroatoms. The predicted octanol–water partition coefficient (Wildman–Crippen LogP) is 0.0915. The first-order valence-electron chi connectivity index (χ1n) is 7.19. The molecule has 0 saturated carbocycles. The summed E-state index contributed by atoms with van der Waals surface area (Å²) < 4.78 is 0. The highest BCUT2D eigenvalue weighted by molar-refractivity contribution is 5.90. The maximum atomic E-state index is 12.2. The molecule has 0 aliphatic heterocycles. The predicted molar refractivity (Wildman–Crippen MR) is 79.5 cm³/mol. The van der Waals surface area contributed by atoms with Gasteiger partial charge in [-0.3, -0.25) is 9.59 Å². The summed E-state index contributed by atoms with van der Waals surface area (Å²) in [4.78, 5) is 34.7. The van der Waals surface area contributed by atoms with Crippen LogP contribution in [0.2, 0.25) is 0 Å². The van der Waals surface area contributed by atoms with Gasteiger partial charge < -0.3 is 21.5 Å². The van der Waals surface area contributed by atoms with Gasteiger partial charge in [0.2, 0.25) is 11.8 Å². The van der Waals surface area contributed by atoms with Crippen molar-refractivity contribution in [1.82, 2.24) is 10.6 Å². The first-order chi connectivity index (χ1) is 9.67. The minimum absolute atomic E-state index is 0.133. The van der Waals surface area contributed by atoms with E-state index in [2.05, 4.69) is 10.6 Å². The van der Waals surface area contributed by atoms with Gasteiger partial charge in [-0.1, -0.05) is 27.7 Å². The Kier molecular flexibility index (Phi) is 8.61. The summed E-state index contributed by atoms with van der Waals surface area (Å²) >= 11 is 0. The van der Waals surface area contributed by atoms with E-state index in [1.807, 2.05) is 27.7 Å². The van der Waals surface area contributed by atoms with E-state index in [-0.39, 0.29) is 18.4 Å². The number of carbonyl (C=O) groups excluding carboxylic acids is 2. The molecule has 0 saturated heterocycles. The molecule has 0 bridgehead atoms. The molecule has 0 heterocycles. The molecular formula is C14H27N3O4. The zero-order valence-corrected chi connectivity index (χ0v) is 13.2. The summed E-state index contributed by atoms with van der Waals surface area (Å²) in [6, 6.07) is -1.72. The molecule has 0 aromatic carbocycles. The standard InChI is InChI=1S/C14H27N3O4/c1-8(2)5-10(16-12(18)7-15)13(19)17-11(14(20)21)6-9(3)4/h8-11H,5-7,15H2,1-4H3,(H,16,18)(H,17,19)(H,20,21)/t10-,11-/m0/s1. The van der Waals surface area contributed by atoms with Crippen LogP contribution < -0.4 is 16.4 Å². The van der Waals surface area contributed by atoms with Crippen molar-refractivity contribution in [3.8, 4) is 0 Å². The molecular weight excluding hydrogens is 274 g/mol. The maximum absolute atomic E-state index is 12.2. The van der Waals surface area contributed by atoms with Crippen molar-refractivity contribution in [2.75, 3.05) is 6.54 Å². The molecule has 0 aliphatic carbocycles. The third kappa shape index (κ3) is 8.29. The van der Waals surface area contributed by atoms with E-state index in [4.69, 9.17) is 10.8 Å². The van der Waals surface area contributed by atoms with Crippen molar-refractivity contribution in [2.24, 2.45) is 17.6 Å². The summed E-state index contributed by atoms with van der Waals surface area (Å²) in [5.74, 6) is -1.70. The number of rotatable bonds is 9. The number of carbonyl (C=O) groups is 3. The average molecular weight is 301 g/mol. The fourth-order valence-corrected chi connectivity index (χ4v) is 1.92. The topological polar surface area (TPSA) is 122 Å². The number of hydrogen-bond donors (Lipinski definition) is 4. The number of nitrogens with one attached hydrogen (secondary N) is 2. The number of amides is 2. The molecule has 0 radical (unpaired) electrons. The molecule has 21 heavy (non-hydrogen) atoms. The number of hydrogen-bond acceptors (Lipinski definition) is 4. The van der Waals surface area contributed by atoms with E-state index in [0.717, 1.165) is 0 Å². The Hall–Kier alpha value is -1.63. The van der Waals surface area contributed by atoms with Crippen LogP contribution in [0, 0.1) is 11.8 Å². The maximum Gasteiger partial charge on any atom is 0.326 e. The highest BCUT2D eigenvalue weighted by atomic mass is 16.4. The zero-order valence-electron chi connectivity index (χ0n) is 13.2. The van der Waals surface area contributed by atoms with Gasteiger partial charge in [0.1, 0.15) is 12.1 Å². The Labute approximate surface area is 125 Å².